The van der Waals surface area contributed by atoms with Crippen LogP contribution in [0.3, 0.4) is 0 Å². The van der Waals surface area contributed by atoms with Crippen molar-refractivity contribution >= 4 is 15.9 Å². The first-order valence-corrected chi connectivity index (χ1v) is 9.28. The van der Waals surface area contributed by atoms with Crippen LogP contribution in [0.5, 0.6) is 0 Å². The minimum absolute atomic E-state index is 0.155. The monoisotopic (exact) mass is 347 g/mol. The van der Waals surface area contributed by atoms with Crippen molar-refractivity contribution in [3.05, 3.63) is 59.9 Å². The fraction of sp³-hybridized carbons (Fsp3) is 0.294. The van der Waals surface area contributed by atoms with Crippen molar-refractivity contribution < 1.29 is 13.2 Å². The maximum Gasteiger partial charge on any atom is 0.251 e. The highest BCUT2D eigenvalue weighted by Gasteiger charge is 2.14. The van der Waals surface area contributed by atoms with Gasteiger partial charge in [0.1, 0.15) is 0 Å². The lowest BCUT2D eigenvalue weighted by atomic mass is 10.2. The summed E-state index contributed by atoms with van der Waals surface area (Å²) in [6.07, 6.45) is 5.05. The zero-order chi connectivity index (χ0) is 17.4. The summed E-state index contributed by atoms with van der Waals surface area (Å²) in [6.45, 7) is 2.77. The van der Waals surface area contributed by atoms with Crippen LogP contribution in [0.1, 0.15) is 35.7 Å². The first kappa shape index (κ1) is 18.1. The Morgan fingerprint density at radius 1 is 1.17 bits per heavy atom. The van der Waals surface area contributed by atoms with Gasteiger partial charge >= 0.3 is 0 Å². The molecule has 0 radical (unpaired) electrons. The minimum Gasteiger partial charge on any atom is -0.348 e. The average molecular weight is 347 g/mol. The number of carbonyl (C=O) groups is 1. The lowest BCUT2D eigenvalue weighted by Crippen LogP contribution is -2.25. The predicted molar refractivity (Wildman–Crippen MR) is 91.9 cm³/mol. The van der Waals surface area contributed by atoms with Crippen molar-refractivity contribution in [1.29, 1.82) is 0 Å². The fourth-order valence-corrected chi connectivity index (χ4v) is 3.11. The number of unbranched alkanes of at least 4 members (excludes halogenated alkanes) is 1. The smallest absolute Gasteiger partial charge is 0.251 e. The van der Waals surface area contributed by atoms with E-state index in [1.165, 1.54) is 24.3 Å². The molecule has 0 fully saturated rings. The van der Waals surface area contributed by atoms with Gasteiger partial charge in [0.05, 0.1) is 4.90 Å². The molecule has 0 unspecified atom stereocenters. The van der Waals surface area contributed by atoms with Gasteiger partial charge in [0.25, 0.3) is 5.91 Å². The van der Waals surface area contributed by atoms with E-state index in [4.69, 9.17) is 0 Å². The van der Waals surface area contributed by atoms with E-state index >= 15 is 0 Å². The van der Waals surface area contributed by atoms with Gasteiger partial charge in [-0.2, -0.15) is 0 Å². The van der Waals surface area contributed by atoms with Crippen LogP contribution in [-0.2, 0) is 16.6 Å². The normalized spacial score (nSPS) is 11.2. The second kappa shape index (κ2) is 8.56. The van der Waals surface area contributed by atoms with E-state index in [1.807, 2.05) is 13.0 Å². The van der Waals surface area contributed by atoms with E-state index in [2.05, 4.69) is 15.0 Å². The Bertz CT molecular complexity index is 759. The Labute approximate surface area is 142 Å². The second-order valence-electron chi connectivity index (χ2n) is 5.32. The molecule has 0 aliphatic carbocycles. The molecule has 0 spiro atoms. The summed E-state index contributed by atoms with van der Waals surface area (Å²) >= 11 is 0. The quantitative estimate of drug-likeness (QED) is 0.716. The Kier molecular flexibility index (Phi) is 6.45. The molecule has 7 heteroatoms. The molecule has 0 aliphatic rings. The molecule has 2 N–H and O–H groups in total. The van der Waals surface area contributed by atoms with Gasteiger partial charge < -0.3 is 5.32 Å². The number of nitrogens with one attached hydrogen (secondary N) is 2. The topological polar surface area (TPSA) is 88.2 Å². The van der Waals surface area contributed by atoms with Crippen LogP contribution < -0.4 is 10.0 Å². The lowest BCUT2D eigenvalue weighted by Gasteiger charge is -2.08. The molecular weight excluding hydrogens is 326 g/mol. The lowest BCUT2D eigenvalue weighted by molar-refractivity contribution is 0.0951. The first-order chi connectivity index (χ1) is 11.5. The Balaban J connectivity index is 1.97. The van der Waals surface area contributed by atoms with Crippen molar-refractivity contribution in [2.45, 2.75) is 31.2 Å². The Hall–Kier alpha value is -2.25. The summed E-state index contributed by atoms with van der Waals surface area (Å²) in [6, 6.07) is 9.55. The second-order valence-corrected chi connectivity index (χ2v) is 7.09. The van der Waals surface area contributed by atoms with Crippen LogP contribution >= 0.6 is 0 Å². The van der Waals surface area contributed by atoms with Gasteiger partial charge in [-0.25, -0.2) is 13.1 Å². The van der Waals surface area contributed by atoms with Crippen LogP contribution in [0.25, 0.3) is 0 Å². The van der Waals surface area contributed by atoms with Crippen molar-refractivity contribution in [2.24, 2.45) is 0 Å². The standard InChI is InChI=1S/C17H21N3O3S/c1-2-3-11-20-24(22,23)16-8-6-15(7-9-16)17(21)19-13-14-5-4-10-18-12-14/h4-10,12,20H,2-3,11,13H2,1H3,(H,19,21). The molecule has 0 atom stereocenters. The highest BCUT2D eigenvalue weighted by molar-refractivity contribution is 7.89. The van der Waals surface area contributed by atoms with E-state index in [-0.39, 0.29) is 10.8 Å². The van der Waals surface area contributed by atoms with Crippen LogP contribution in [0.4, 0.5) is 0 Å². The number of hydrogen-bond acceptors (Lipinski definition) is 4. The predicted octanol–water partition coefficient (Wildman–Crippen LogP) is 2.09. The largest absolute Gasteiger partial charge is 0.348 e. The van der Waals surface area contributed by atoms with Gasteiger partial charge in [-0.05, 0) is 42.3 Å². The molecule has 1 aromatic heterocycles. The molecule has 128 valence electrons. The third-order valence-corrected chi connectivity index (χ3v) is 4.90. The van der Waals surface area contributed by atoms with Crippen LogP contribution in [-0.4, -0.2) is 25.9 Å². The molecule has 0 saturated heterocycles. The average Bonchev–Trinajstić information content (AvgIpc) is 2.61. The number of nitrogens with zero attached hydrogens (tertiary/aromatic N) is 1. The van der Waals surface area contributed by atoms with E-state index in [0.29, 0.717) is 18.7 Å². The molecule has 1 heterocycles. The van der Waals surface area contributed by atoms with Gasteiger partial charge in [-0.15, -0.1) is 0 Å². The van der Waals surface area contributed by atoms with Crippen molar-refractivity contribution in [3.8, 4) is 0 Å². The van der Waals surface area contributed by atoms with Crippen molar-refractivity contribution in [1.82, 2.24) is 15.0 Å². The molecule has 0 aliphatic heterocycles. The molecule has 2 aromatic rings. The third kappa shape index (κ3) is 5.14. The summed E-state index contributed by atoms with van der Waals surface area (Å²) in [5.74, 6) is -0.262. The number of pyridine rings is 1. The number of sulfonamides is 1. The molecule has 2 rings (SSSR count). The fourth-order valence-electron chi connectivity index (χ4n) is 2.04. The van der Waals surface area contributed by atoms with Gasteiger partial charge in [0.2, 0.25) is 10.0 Å². The van der Waals surface area contributed by atoms with Crippen molar-refractivity contribution in [2.75, 3.05) is 6.54 Å². The number of rotatable bonds is 8. The summed E-state index contributed by atoms with van der Waals surface area (Å²) < 4.78 is 26.7. The Morgan fingerprint density at radius 2 is 1.92 bits per heavy atom. The van der Waals surface area contributed by atoms with E-state index in [0.717, 1.165) is 18.4 Å². The zero-order valence-electron chi connectivity index (χ0n) is 13.5. The third-order valence-electron chi connectivity index (χ3n) is 3.43. The number of carbonyl (C=O) groups excluding carboxylic acids is 1. The van der Waals surface area contributed by atoms with Gasteiger partial charge in [-0.3, -0.25) is 9.78 Å². The molecule has 1 aromatic carbocycles. The first-order valence-electron chi connectivity index (χ1n) is 7.80. The highest BCUT2D eigenvalue weighted by Crippen LogP contribution is 2.11. The van der Waals surface area contributed by atoms with Crippen LogP contribution in [0.15, 0.2) is 53.7 Å². The molecule has 24 heavy (non-hydrogen) atoms. The molecule has 0 bridgehead atoms. The van der Waals surface area contributed by atoms with Gasteiger partial charge in [0.15, 0.2) is 0 Å². The molecule has 0 saturated carbocycles. The minimum atomic E-state index is -3.52. The van der Waals surface area contributed by atoms with E-state index in [9.17, 15) is 13.2 Å². The van der Waals surface area contributed by atoms with E-state index < -0.39 is 10.0 Å². The highest BCUT2D eigenvalue weighted by atomic mass is 32.2. The number of amides is 1. The Morgan fingerprint density at radius 3 is 2.54 bits per heavy atom. The number of hydrogen-bond donors (Lipinski definition) is 2. The molecular formula is C17H21N3O3S. The summed E-state index contributed by atoms with van der Waals surface area (Å²) in [7, 11) is -3.52. The maximum absolute atomic E-state index is 12.1. The van der Waals surface area contributed by atoms with Crippen LogP contribution in [0.2, 0.25) is 0 Å². The molecule has 1 amide bonds. The maximum atomic E-state index is 12.1. The zero-order valence-corrected chi connectivity index (χ0v) is 14.3. The van der Waals surface area contributed by atoms with Crippen molar-refractivity contribution in [3.63, 3.8) is 0 Å². The summed E-state index contributed by atoms with van der Waals surface area (Å²) in [5.41, 5.74) is 1.30. The summed E-state index contributed by atoms with van der Waals surface area (Å²) in [5, 5.41) is 2.77. The van der Waals surface area contributed by atoms with Gasteiger partial charge in [0, 0.05) is 31.0 Å². The van der Waals surface area contributed by atoms with E-state index in [1.54, 1.807) is 18.5 Å². The number of benzene rings is 1. The number of aromatic nitrogens is 1. The molecule has 6 nitrogen and oxygen atoms in total. The summed E-state index contributed by atoms with van der Waals surface area (Å²) in [4.78, 5) is 16.2. The van der Waals surface area contributed by atoms with Gasteiger partial charge in [-0.1, -0.05) is 19.4 Å². The van der Waals surface area contributed by atoms with Crippen LogP contribution in [0, 0.1) is 0 Å². The SMILES string of the molecule is CCCCNS(=O)(=O)c1ccc(C(=O)NCc2cccnc2)cc1.